The van der Waals surface area contributed by atoms with Gasteiger partial charge in [0, 0.05) is 55.6 Å². The molecule has 1 unspecified atom stereocenters. The molecule has 6 heterocycles. The highest BCUT2D eigenvalue weighted by molar-refractivity contribution is 6.07. The van der Waals surface area contributed by atoms with Crippen molar-refractivity contribution in [2.24, 2.45) is 0 Å². The Balaban J connectivity index is -0.000000297. The zero-order valence-electron chi connectivity index (χ0n) is 48.5. The minimum atomic E-state index is -1.69. The molecular weight excluding hydrogens is 980 g/mol. The van der Waals surface area contributed by atoms with Crippen LogP contribution in [0.25, 0.3) is 0 Å². The summed E-state index contributed by atoms with van der Waals surface area (Å²) >= 11 is 0. The van der Waals surface area contributed by atoms with E-state index in [1.165, 1.54) is 53.2 Å². The van der Waals surface area contributed by atoms with Crippen molar-refractivity contribution in [1.29, 1.82) is 0 Å². The van der Waals surface area contributed by atoms with Crippen LogP contribution in [0.1, 0.15) is 242 Å². The summed E-state index contributed by atoms with van der Waals surface area (Å²) < 4.78 is 24.8. The Kier molecular flexibility index (Phi) is 41.0. The molecule has 3 saturated heterocycles. The number of imide groups is 3. The minimum Gasteiger partial charge on any atom is -0.322 e. The molecule has 9 amide bonds. The molecule has 0 aromatic heterocycles. The standard InChI is InChI=1S/3C13H12N2O3.6C3H8.4CH4.FH/c3*16-11-6-5-10(12(17)14-11)15-7-8-3-1-2-4-9(8)13(15)18;6*1-3-2;;;;;/h3*1-4,10H,5-7H2,(H,14,16,17);6*3H2,1-2H3;4*1H4;1H/t2*10-;;;;;;;;;;;;/m10............/s1/i3*10D;;;;;;;;;;;. The lowest BCUT2D eigenvalue weighted by molar-refractivity contribution is -0.138. The lowest BCUT2D eigenvalue weighted by Crippen LogP contribution is -2.52. The van der Waals surface area contributed by atoms with Crippen LogP contribution in [0.2, 0.25) is 0 Å². The molecule has 3 N–H and O–H groups in total. The van der Waals surface area contributed by atoms with Gasteiger partial charge in [-0.1, -0.05) is 206 Å². The molecule has 16 heteroatoms. The summed E-state index contributed by atoms with van der Waals surface area (Å²) in [5.74, 6) is -4.30. The molecule has 436 valence electrons. The fraction of sp³-hybridized carbons (Fsp3) is 0.557. The van der Waals surface area contributed by atoms with Crippen LogP contribution >= 0.6 is 0 Å². The fourth-order valence-electron chi connectivity index (χ4n) is 7.01. The van der Waals surface area contributed by atoms with Crippen LogP contribution in [0.3, 0.4) is 0 Å². The number of carbonyl (C=O) groups excluding carboxylic acids is 9. The van der Waals surface area contributed by atoms with Gasteiger partial charge in [-0.3, -0.25) is 63.8 Å². The van der Waals surface area contributed by atoms with Crippen LogP contribution in [0.5, 0.6) is 0 Å². The molecule has 3 aromatic carbocycles. The molecule has 6 aliphatic rings. The van der Waals surface area contributed by atoms with E-state index in [0.717, 1.165) is 16.7 Å². The second-order valence-electron chi connectivity index (χ2n) is 17.4. The van der Waals surface area contributed by atoms with Crippen molar-refractivity contribution in [2.75, 3.05) is 0 Å². The van der Waals surface area contributed by atoms with E-state index in [9.17, 15) is 43.2 Å². The van der Waals surface area contributed by atoms with Gasteiger partial charge in [-0.15, -0.1) is 0 Å². The molecule has 0 radical (unpaired) electrons. The highest BCUT2D eigenvalue weighted by Gasteiger charge is 2.41. The van der Waals surface area contributed by atoms with Crippen LogP contribution in [0.4, 0.5) is 4.70 Å². The van der Waals surface area contributed by atoms with Gasteiger partial charge < -0.3 is 14.7 Å². The number of carbonyl (C=O) groups is 9. The van der Waals surface area contributed by atoms with Gasteiger partial charge in [0.15, 0.2) is 0 Å². The zero-order valence-corrected chi connectivity index (χ0v) is 45.5. The second kappa shape index (κ2) is 43.5. The lowest BCUT2D eigenvalue weighted by Gasteiger charge is -2.29. The lowest BCUT2D eigenvalue weighted by atomic mass is 10.0. The summed E-state index contributed by atoms with van der Waals surface area (Å²) in [6.07, 6.45) is 7.85. The van der Waals surface area contributed by atoms with Crippen LogP contribution in [-0.4, -0.2) is 85.9 Å². The predicted molar refractivity (Wildman–Crippen MR) is 313 cm³/mol. The van der Waals surface area contributed by atoms with Crippen molar-refractivity contribution in [2.45, 2.75) is 228 Å². The predicted octanol–water partition coefficient (Wildman–Crippen LogP) is 12.5. The molecule has 3 fully saturated rings. The normalized spacial score (nSPS) is 21.0. The number of rotatable bonds is 3. The molecule has 77 heavy (non-hydrogen) atoms. The second-order valence-corrected chi connectivity index (χ2v) is 17.4. The molecule has 6 aliphatic heterocycles. The first-order chi connectivity index (χ1) is 35.5. The van der Waals surface area contributed by atoms with E-state index in [4.69, 9.17) is 4.11 Å². The molecule has 15 nitrogen and oxygen atoms in total. The van der Waals surface area contributed by atoms with Crippen molar-refractivity contribution in [3.05, 3.63) is 106 Å². The van der Waals surface area contributed by atoms with E-state index in [1.807, 2.05) is 36.4 Å². The van der Waals surface area contributed by atoms with Crippen molar-refractivity contribution in [3.8, 4) is 0 Å². The van der Waals surface area contributed by atoms with Gasteiger partial charge >= 0.3 is 0 Å². The van der Waals surface area contributed by atoms with Gasteiger partial charge in [0.2, 0.25) is 35.4 Å². The van der Waals surface area contributed by atoms with E-state index in [0.29, 0.717) is 16.7 Å². The summed E-state index contributed by atoms with van der Waals surface area (Å²) in [5, 5.41) is 6.40. The average Bonchev–Trinajstić information content (AvgIpc) is 4.03. The van der Waals surface area contributed by atoms with Gasteiger partial charge in [-0.05, 0) is 54.2 Å². The van der Waals surface area contributed by atoms with Crippen molar-refractivity contribution < 1.29 is 52.0 Å². The fourth-order valence-corrected chi connectivity index (χ4v) is 7.01. The maximum atomic E-state index is 12.3. The van der Waals surface area contributed by atoms with Gasteiger partial charge in [0.1, 0.15) is 18.1 Å². The molecule has 3 aromatic rings. The number of halogens is 1. The van der Waals surface area contributed by atoms with Gasteiger partial charge in [-0.2, -0.15) is 0 Å². The monoisotopic (exact) mass is 1080 g/mol. The molecular formula is C61H101FN6O9. The average molecular weight is 1080 g/mol. The van der Waals surface area contributed by atoms with E-state index >= 15 is 0 Å². The van der Waals surface area contributed by atoms with E-state index in [-0.39, 0.29) is 110 Å². The molecule has 0 aliphatic carbocycles. The number of hydrogen-bond donors (Lipinski definition) is 3. The molecule has 3 atom stereocenters. The summed E-state index contributed by atoms with van der Waals surface area (Å²) in [4.78, 5) is 110. The third-order valence-corrected chi connectivity index (χ3v) is 9.75. The first-order valence-electron chi connectivity index (χ1n) is 27.3. The first-order valence-corrected chi connectivity index (χ1v) is 25.8. The van der Waals surface area contributed by atoms with Gasteiger partial charge in [0.05, 0.1) is 4.11 Å². The van der Waals surface area contributed by atoms with E-state index < -0.39 is 53.5 Å². The highest BCUT2D eigenvalue weighted by atomic mass is 19.0. The molecule has 0 spiro atoms. The SMILES string of the molecule is C.C.C.C.CCC.CCC.CCC.CCC.CCC.CCC.F.[2H]C1(N2Cc3ccccc3C2=O)CCC(=O)NC1=O.[2H][C@@]1(N2Cc3ccccc3C2=O)CCC(=O)NC1=O.[2H][C@]1(N2Cc3ccccc3C2=O)CCC(=O)NC1=O. The Hall–Kier alpha value is -6.58. The molecule has 9 rings (SSSR count). The van der Waals surface area contributed by atoms with Crippen molar-refractivity contribution >= 4 is 53.2 Å². The van der Waals surface area contributed by atoms with Crippen LogP contribution in [0.15, 0.2) is 72.8 Å². The zero-order chi connectivity index (χ0) is 57.1. The van der Waals surface area contributed by atoms with Crippen LogP contribution in [0, 0.1) is 0 Å². The number of amides is 9. The maximum Gasteiger partial charge on any atom is 0.255 e. The number of hydrogen-bond acceptors (Lipinski definition) is 9. The third kappa shape index (κ3) is 24.5. The molecule has 0 bridgehead atoms. The first kappa shape index (κ1) is 72.5. The summed E-state index contributed by atoms with van der Waals surface area (Å²) in [6.45, 7) is 26.2. The number of benzene rings is 3. The maximum absolute atomic E-state index is 12.3. The van der Waals surface area contributed by atoms with E-state index in [1.54, 1.807) is 36.4 Å². The highest BCUT2D eigenvalue weighted by Crippen LogP contribution is 2.29. The quantitative estimate of drug-likeness (QED) is 0.214. The summed E-state index contributed by atoms with van der Waals surface area (Å²) in [5.41, 5.74) is 4.01. The largest absolute Gasteiger partial charge is 0.322 e. The van der Waals surface area contributed by atoms with Crippen LogP contribution < -0.4 is 16.0 Å². The summed E-state index contributed by atoms with van der Waals surface area (Å²) in [7, 11) is 0. The molecule has 0 saturated carbocycles. The van der Waals surface area contributed by atoms with Crippen LogP contribution in [-0.2, 0) is 48.4 Å². The topological polar surface area (TPSA) is 199 Å². The van der Waals surface area contributed by atoms with Gasteiger partial charge in [0.25, 0.3) is 17.7 Å². The smallest absolute Gasteiger partial charge is 0.255 e. The minimum absolute atomic E-state index is 0. The Labute approximate surface area is 468 Å². The Morgan fingerprint density at radius 2 is 0.558 bits per heavy atom. The van der Waals surface area contributed by atoms with Gasteiger partial charge in [-0.25, -0.2) is 0 Å². The third-order valence-electron chi connectivity index (χ3n) is 9.75. The number of nitrogens with zero attached hydrogens (tertiary/aromatic N) is 3. The Morgan fingerprint density at radius 1 is 0.377 bits per heavy atom. The van der Waals surface area contributed by atoms with Crippen molar-refractivity contribution in [1.82, 2.24) is 30.7 Å². The number of nitrogens with one attached hydrogen (secondary N) is 3. The summed E-state index contributed by atoms with van der Waals surface area (Å²) in [6, 6.07) is 16.1. The Bertz CT molecular complexity index is 2160. The Morgan fingerprint density at radius 3 is 0.727 bits per heavy atom. The number of fused-ring (bicyclic) bond motifs is 3. The number of piperidine rings is 3. The van der Waals surface area contributed by atoms with Crippen molar-refractivity contribution in [3.63, 3.8) is 0 Å². The van der Waals surface area contributed by atoms with E-state index in [2.05, 4.69) is 99.0 Å².